The standard InChI is InChI=1S/C21H20IN.C2H6/c1-14-8-6-7-13-23(22)18-12-11-17-20(19(14)18)15-9-4-5-10-16(15)21(17,2)3;1-2/h4,6-9,11-13H,1,5,10H2,2-3H3;1-2H3/b8-6-,13-7-;. The number of rotatable bonds is 0. The molecular weight excluding hydrogens is 417 g/mol. The first-order valence-corrected chi connectivity index (χ1v) is 10.1. The Morgan fingerprint density at radius 2 is 1.84 bits per heavy atom. The number of hydrogen-bond donors (Lipinski definition) is 0. The molecule has 1 aromatic carbocycles. The number of fused-ring (bicyclic) bond motifs is 4. The number of halogens is 1. The molecular formula is C23H26IN. The molecule has 1 heterocycles. The molecule has 4 rings (SSSR count). The average Bonchev–Trinajstić information content (AvgIpc) is 2.86. The van der Waals surface area contributed by atoms with Crippen LogP contribution in [0, 0.1) is 0 Å². The highest BCUT2D eigenvalue weighted by molar-refractivity contribution is 14.1. The summed E-state index contributed by atoms with van der Waals surface area (Å²) in [5.74, 6) is 0. The van der Waals surface area contributed by atoms with Gasteiger partial charge in [0.15, 0.2) is 0 Å². The smallest absolute Gasteiger partial charge is 0.0640 e. The molecule has 0 spiro atoms. The van der Waals surface area contributed by atoms with Gasteiger partial charge in [0.1, 0.15) is 0 Å². The summed E-state index contributed by atoms with van der Waals surface area (Å²) in [6.07, 6.45) is 15.3. The Kier molecular flexibility index (Phi) is 5.10. The zero-order chi connectivity index (χ0) is 18.2. The number of benzene rings is 1. The van der Waals surface area contributed by atoms with E-state index in [0.29, 0.717) is 0 Å². The molecule has 1 nitrogen and oxygen atoms in total. The van der Waals surface area contributed by atoms with Gasteiger partial charge in [-0.25, -0.2) is 0 Å². The maximum atomic E-state index is 4.36. The van der Waals surface area contributed by atoms with Gasteiger partial charge in [-0.05, 0) is 47.3 Å². The van der Waals surface area contributed by atoms with Gasteiger partial charge in [0.25, 0.3) is 0 Å². The van der Waals surface area contributed by atoms with Crippen molar-refractivity contribution in [3.8, 4) is 0 Å². The van der Waals surface area contributed by atoms with Gasteiger partial charge in [-0.3, -0.25) is 3.11 Å². The number of allylic oxidation sites excluding steroid dienone is 8. The summed E-state index contributed by atoms with van der Waals surface area (Å²) in [7, 11) is 0. The molecule has 0 unspecified atom stereocenters. The Labute approximate surface area is 166 Å². The fourth-order valence-electron chi connectivity index (χ4n) is 4.07. The van der Waals surface area contributed by atoms with Crippen molar-refractivity contribution < 1.29 is 0 Å². The van der Waals surface area contributed by atoms with E-state index in [1.54, 1.807) is 5.57 Å². The van der Waals surface area contributed by atoms with Gasteiger partial charge < -0.3 is 0 Å². The first kappa shape index (κ1) is 18.2. The maximum Gasteiger partial charge on any atom is 0.0640 e. The van der Waals surface area contributed by atoms with Gasteiger partial charge in [-0.15, -0.1) is 0 Å². The molecule has 130 valence electrons. The third kappa shape index (κ3) is 2.84. The third-order valence-corrected chi connectivity index (χ3v) is 6.07. The molecule has 0 atom stereocenters. The van der Waals surface area contributed by atoms with Crippen molar-refractivity contribution in [3.63, 3.8) is 0 Å². The van der Waals surface area contributed by atoms with Crippen LogP contribution in [0.1, 0.15) is 57.2 Å². The highest BCUT2D eigenvalue weighted by Crippen LogP contribution is 2.54. The lowest BCUT2D eigenvalue weighted by Gasteiger charge is -2.27. The third-order valence-electron chi connectivity index (χ3n) is 5.23. The molecule has 0 bridgehead atoms. The second kappa shape index (κ2) is 6.99. The molecule has 25 heavy (non-hydrogen) atoms. The van der Waals surface area contributed by atoms with Crippen LogP contribution < -0.4 is 3.11 Å². The topological polar surface area (TPSA) is 3.24 Å². The second-order valence-electron chi connectivity index (χ2n) is 6.88. The lowest BCUT2D eigenvalue weighted by atomic mass is 9.78. The fraction of sp³-hybridized carbons (Fsp3) is 0.304. The predicted octanol–water partition coefficient (Wildman–Crippen LogP) is 7.36. The van der Waals surface area contributed by atoms with Crippen LogP contribution in [0.2, 0.25) is 0 Å². The van der Waals surface area contributed by atoms with E-state index in [1.807, 2.05) is 13.8 Å². The molecule has 0 fully saturated rings. The molecule has 1 aliphatic heterocycles. The van der Waals surface area contributed by atoms with Crippen LogP contribution >= 0.6 is 22.9 Å². The molecule has 0 aromatic heterocycles. The fourth-order valence-corrected chi connectivity index (χ4v) is 4.65. The average molecular weight is 443 g/mol. The van der Waals surface area contributed by atoms with Crippen molar-refractivity contribution in [2.24, 2.45) is 0 Å². The largest absolute Gasteiger partial charge is 0.290 e. The van der Waals surface area contributed by atoms with E-state index < -0.39 is 0 Å². The maximum absolute atomic E-state index is 4.36. The normalized spacial score (nSPS) is 22.1. The van der Waals surface area contributed by atoms with Gasteiger partial charge in [0.2, 0.25) is 0 Å². The van der Waals surface area contributed by atoms with Crippen molar-refractivity contribution in [3.05, 3.63) is 77.6 Å². The molecule has 0 amide bonds. The van der Waals surface area contributed by atoms with E-state index in [4.69, 9.17) is 0 Å². The number of nitrogens with zero attached hydrogens (tertiary/aromatic N) is 1. The van der Waals surface area contributed by atoms with Crippen LogP contribution in [-0.4, -0.2) is 0 Å². The highest BCUT2D eigenvalue weighted by Gasteiger charge is 2.39. The van der Waals surface area contributed by atoms with E-state index in [2.05, 4.69) is 95.1 Å². The molecule has 0 saturated carbocycles. The van der Waals surface area contributed by atoms with Crippen molar-refractivity contribution in [1.29, 1.82) is 0 Å². The molecule has 0 radical (unpaired) electrons. The first-order valence-electron chi connectivity index (χ1n) is 9.09. The molecule has 3 aliphatic rings. The second-order valence-corrected chi connectivity index (χ2v) is 7.92. The van der Waals surface area contributed by atoms with E-state index in [9.17, 15) is 0 Å². The highest BCUT2D eigenvalue weighted by atomic mass is 127. The van der Waals surface area contributed by atoms with Crippen molar-refractivity contribution >= 4 is 39.7 Å². The van der Waals surface area contributed by atoms with Gasteiger partial charge >= 0.3 is 0 Å². The number of hydrogen-bond acceptors (Lipinski definition) is 1. The molecule has 0 N–H and O–H groups in total. The Morgan fingerprint density at radius 1 is 1.08 bits per heavy atom. The SMILES string of the molecule is C=C1/C=C\C=C/N(I)c2ccc3c(c21)C1=C(CCC=C1)C3(C)C.CC. The summed E-state index contributed by atoms with van der Waals surface area (Å²) in [5, 5.41) is 0. The Hall–Kier alpha value is -1.55. The minimum Gasteiger partial charge on any atom is -0.290 e. The van der Waals surface area contributed by atoms with Crippen LogP contribution in [-0.2, 0) is 5.41 Å². The van der Waals surface area contributed by atoms with E-state index in [-0.39, 0.29) is 5.41 Å². The van der Waals surface area contributed by atoms with E-state index in [1.165, 1.54) is 34.4 Å². The first-order chi connectivity index (χ1) is 12.0. The summed E-state index contributed by atoms with van der Waals surface area (Å²) < 4.78 is 2.17. The van der Waals surface area contributed by atoms with Crippen LogP contribution in [0.3, 0.4) is 0 Å². The molecule has 0 saturated heterocycles. The van der Waals surface area contributed by atoms with Gasteiger partial charge in [-0.2, -0.15) is 0 Å². The van der Waals surface area contributed by atoms with Gasteiger partial charge in [0.05, 0.1) is 28.6 Å². The van der Waals surface area contributed by atoms with Crippen LogP contribution in [0.4, 0.5) is 5.69 Å². The number of anilines is 1. The van der Waals surface area contributed by atoms with E-state index in [0.717, 1.165) is 12.0 Å². The van der Waals surface area contributed by atoms with Crippen molar-refractivity contribution in [2.45, 2.75) is 46.0 Å². The Balaban J connectivity index is 0.000000880. The van der Waals surface area contributed by atoms with Gasteiger partial charge in [-0.1, -0.05) is 70.2 Å². The zero-order valence-corrected chi connectivity index (χ0v) is 17.7. The summed E-state index contributed by atoms with van der Waals surface area (Å²) in [6, 6.07) is 4.57. The summed E-state index contributed by atoms with van der Waals surface area (Å²) >= 11 is 2.36. The van der Waals surface area contributed by atoms with Crippen molar-refractivity contribution in [1.82, 2.24) is 0 Å². The Morgan fingerprint density at radius 3 is 2.60 bits per heavy atom. The molecule has 2 heteroatoms. The summed E-state index contributed by atoms with van der Waals surface area (Å²) in [6.45, 7) is 13.1. The van der Waals surface area contributed by atoms with Crippen LogP contribution in [0.15, 0.2) is 60.9 Å². The van der Waals surface area contributed by atoms with E-state index >= 15 is 0 Å². The minimum atomic E-state index is 0.114. The van der Waals surface area contributed by atoms with Crippen molar-refractivity contribution in [2.75, 3.05) is 3.11 Å². The molecule has 1 aromatic rings. The van der Waals surface area contributed by atoms with Crippen LogP contribution in [0.25, 0.3) is 11.1 Å². The zero-order valence-electron chi connectivity index (χ0n) is 15.6. The summed E-state index contributed by atoms with van der Waals surface area (Å²) in [5.41, 5.74) is 9.55. The predicted molar refractivity (Wildman–Crippen MR) is 120 cm³/mol. The quantitative estimate of drug-likeness (QED) is 0.299. The van der Waals surface area contributed by atoms with Crippen LogP contribution in [0.5, 0.6) is 0 Å². The monoisotopic (exact) mass is 443 g/mol. The summed E-state index contributed by atoms with van der Waals surface area (Å²) in [4.78, 5) is 0. The van der Waals surface area contributed by atoms with Gasteiger partial charge in [0, 0.05) is 17.2 Å². The molecule has 2 aliphatic carbocycles. The Bertz CT molecular complexity index is 834. The lowest BCUT2D eigenvalue weighted by molar-refractivity contribution is 0.607. The minimum absolute atomic E-state index is 0.114. The lowest BCUT2D eigenvalue weighted by Crippen LogP contribution is -2.18.